The zero-order valence-electron chi connectivity index (χ0n) is 11.9. The van der Waals surface area contributed by atoms with Gasteiger partial charge in [0, 0.05) is 11.6 Å². The molecule has 7 nitrogen and oxygen atoms in total. The highest BCUT2D eigenvalue weighted by Crippen LogP contribution is 2.31. The van der Waals surface area contributed by atoms with Crippen LogP contribution in [0.25, 0.3) is 17.0 Å². The molecule has 0 atom stereocenters. The first-order valence-corrected chi connectivity index (χ1v) is 6.31. The minimum atomic E-state index is -0.217. The van der Waals surface area contributed by atoms with E-state index in [2.05, 4.69) is 15.1 Å². The zero-order valence-corrected chi connectivity index (χ0v) is 11.9. The highest BCUT2D eigenvalue weighted by Gasteiger charge is 2.10. The summed E-state index contributed by atoms with van der Waals surface area (Å²) in [5.74, 6) is 2.17. The van der Waals surface area contributed by atoms with E-state index in [0.717, 1.165) is 5.56 Å². The average Bonchev–Trinajstić information content (AvgIpc) is 2.87. The second kappa shape index (κ2) is 4.93. The summed E-state index contributed by atoms with van der Waals surface area (Å²) >= 11 is 0. The largest absolute Gasteiger partial charge is 0.493 e. The van der Waals surface area contributed by atoms with E-state index in [1.807, 2.05) is 6.07 Å². The maximum absolute atomic E-state index is 12.1. The summed E-state index contributed by atoms with van der Waals surface area (Å²) < 4.78 is 11.8. The molecule has 0 unspecified atom stereocenters. The molecule has 108 valence electrons. The van der Waals surface area contributed by atoms with Crippen LogP contribution >= 0.6 is 0 Å². The van der Waals surface area contributed by atoms with E-state index in [9.17, 15) is 4.79 Å². The summed E-state index contributed by atoms with van der Waals surface area (Å²) in [5, 5.41) is 2.83. The molecule has 1 aromatic carbocycles. The number of methoxy groups -OCH3 is 2. The number of H-pyrrole nitrogens is 1. The van der Waals surface area contributed by atoms with Gasteiger partial charge in [0.05, 0.1) is 19.9 Å². The lowest BCUT2D eigenvalue weighted by atomic mass is 10.1. The van der Waals surface area contributed by atoms with Crippen molar-refractivity contribution >= 4 is 5.78 Å². The second-order valence-electron chi connectivity index (χ2n) is 4.49. The number of aryl methyl sites for hydroxylation is 1. The van der Waals surface area contributed by atoms with Crippen LogP contribution < -0.4 is 15.0 Å². The number of hydrogen-bond donors (Lipinski definition) is 1. The first kappa shape index (κ1) is 13.2. The molecular formula is C14H14N4O3. The number of aromatic nitrogens is 4. The number of nitrogens with one attached hydrogen (secondary N) is 1. The van der Waals surface area contributed by atoms with E-state index in [1.54, 1.807) is 33.3 Å². The van der Waals surface area contributed by atoms with Gasteiger partial charge in [0.15, 0.2) is 11.5 Å². The van der Waals surface area contributed by atoms with Crippen LogP contribution in [0.1, 0.15) is 5.82 Å². The van der Waals surface area contributed by atoms with Gasteiger partial charge in [-0.25, -0.2) is 4.98 Å². The van der Waals surface area contributed by atoms with Gasteiger partial charge >= 0.3 is 0 Å². The highest BCUT2D eigenvalue weighted by atomic mass is 16.5. The van der Waals surface area contributed by atoms with Crippen LogP contribution in [0.2, 0.25) is 0 Å². The van der Waals surface area contributed by atoms with E-state index < -0.39 is 0 Å². The number of ether oxygens (including phenoxy) is 2. The molecule has 21 heavy (non-hydrogen) atoms. The monoisotopic (exact) mass is 286 g/mol. The third-order valence-electron chi connectivity index (χ3n) is 3.12. The fraction of sp³-hybridized carbons (Fsp3) is 0.214. The van der Waals surface area contributed by atoms with E-state index >= 15 is 0 Å². The molecule has 0 amide bonds. The van der Waals surface area contributed by atoms with Crippen LogP contribution in [-0.2, 0) is 0 Å². The molecule has 0 saturated carbocycles. The van der Waals surface area contributed by atoms with E-state index in [1.165, 1.54) is 10.6 Å². The normalized spacial score (nSPS) is 10.8. The fourth-order valence-electron chi connectivity index (χ4n) is 2.13. The first-order valence-electron chi connectivity index (χ1n) is 6.31. The Kier molecular flexibility index (Phi) is 3.09. The molecule has 0 radical (unpaired) electrons. The molecule has 0 fully saturated rings. The smallest absolute Gasteiger partial charge is 0.274 e. The predicted molar refractivity (Wildman–Crippen MR) is 76.9 cm³/mol. The summed E-state index contributed by atoms with van der Waals surface area (Å²) in [6.45, 7) is 1.77. The summed E-state index contributed by atoms with van der Waals surface area (Å²) in [6, 6.07) is 6.81. The topological polar surface area (TPSA) is 81.5 Å². The van der Waals surface area contributed by atoms with Gasteiger partial charge in [-0.1, -0.05) is 0 Å². The van der Waals surface area contributed by atoms with E-state index in [0.29, 0.717) is 28.8 Å². The van der Waals surface area contributed by atoms with Crippen molar-refractivity contribution in [2.45, 2.75) is 6.92 Å². The third kappa shape index (κ3) is 2.22. The Hall–Kier alpha value is -2.83. The van der Waals surface area contributed by atoms with E-state index in [-0.39, 0.29) is 5.56 Å². The third-order valence-corrected chi connectivity index (χ3v) is 3.12. The average molecular weight is 286 g/mol. The molecule has 0 aliphatic heterocycles. The summed E-state index contributed by atoms with van der Waals surface area (Å²) in [5.41, 5.74) is 1.07. The van der Waals surface area contributed by atoms with Crippen molar-refractivity contribution < 1.29 is 9.47 Å². The van der Waals surface area contributed by atoms with Gasteiger partial charge in [0.25, 0.3) is 11.3 Å². The highest BCUT2D eigenvalue weighted by molar-refractivity contribution is 5.64. The lowest BCUT2D eigenvalue weighted by Gasteiger charge is -2.09. The molecule has 2 aromatic heterocycles. The Bertz CT molecular complexity index is 866. The Labute approximate surface area is 120 Å². The van der Waals surface area contributed by atoms with Gasteiger partial charge in [-0.3, -0.25) is 9.89 Å². The number of nitrogens with zero attached hydrogens (tertiary/aromatic N) is 3. The van der Waals surface area contributed by atoms with Gasteiger partial charge in [0.1, 0.15) is 5.82 Å². The van der Waals surface area contributed by atoms with Gasteiger partial charge in [-0.05, 0) is 25.1 Å². The quantitative estimate of drug-likeness (QED) is 0.787. The van der Waals surface area contributed by atoms with Gasteiger partial charge in [-0.15, -0.1) is 0 Å². The molecule has 3 aromatic rings. The van der Waals surface area contributed by atoms with Gasteiger partial charge in [-0.2, -0.15) is 9.50 Å². The molecule has 0 spiro atoms. The molecule has 7 heteroatoms. The minimum Gasteiger partial charge on any atom is -0.493 e. The van der Waals surface area contributed by atoms with Gasteiger partial charge in [0.2, 0.25) is 0 Å². The number of rotatable bonds is 3. The molecule has 0 bridgehead atoms. The summed E-state index contributed by atoms with van der Waals surface area (Å²) in [4.78, 5) is 20.6. The van der Waals surface area contributed by atoms with Crippen molar-refractivity contribution in [1.29, 1.82) is 0 Å². The van der Waals surface area contributed by atoms with Crippen LogP contribution in [-0.4, -0.2) is 33.8 Å². The lowest BCUT2D eigenvalue weighted by Crippen LogP contribution is -2.14. The Balaban J connectivity index is 2.18. The first-order chi connectivity index (χ1) is 10.1. The molecule has 1 N–H and O–H groups in total. The van der Waals surface area contributed by atoms with Crippen LogP contribution in [0.3, 0.4) is 0 Å². The van der Waals surface area contributed by atoms with E-state index in [4.69, 9.17) is 9.47 Å². The Morgan fingerprint density at radius 3 is 2.57 bits per heavy atom. The second-order valence-corrected chi connectivity index (χ2v) is 4.49. The number of hydrogen-bond acceptors (Lipinski definition) is 5. The predicted octanol–water partition coefficient (Wildman–Crippen LogP) is 1.41. The maximum atomic E-state index is 12.1. The van der Waals surface area contributed by atoms with Crippen molar-refractivity contribution in [3.63, 3.8) is 0 Å². The maximum Gasteiger partial charge on any atom is 0.274 e. The summed E-state index contributed by atoms with van der Waals surface area (Å²) in [7, 11) is 3.13. The fourth-order valence-corrected chi connectivity index (χ4v) is 2.13. The Morgan fingerprint density at radius 1 is 1.10 bits per heavy atom. The van der Waals surface area contributed by atoms with Gasteiger partial charge < -0.3 is 9.47 Å². The van der Waals surface area contributed by atoms with Crippen LogP contribution in [0.4, 0.5) is 0 Å². The number of benzene rings is 1. The molecule has 3 rings (SSSR count). The lowest BCUT2D eigenvalue weighted by molar-refractivity contribution is 0.355. The standard InChI is InChI=1S/C14H14N4O3/c1-8-15-14-16-10(7-13(19)18(14)17-8)9-4-5-11(20-2)12(6-9)21-3/h4-7H,1-3H3,(H,15,16,17). The minimum absolute atomic E-state index is 0.217. The van der Waals surface area contributed by atoms with Crippen molar-refractivity contribution in [2.75, 3.05) is 14.2 Å². The van der Waals surface area contributed by atoms with Crippen molar-refractivity contribution in [3.8, 4) is 22.8 Å². The molecule has 2 heterocycles. The molecule has 0 aliphatic rings. The van der Waals surface area contributed by atoms with Crippen LogP contribution in [0.5, 0.6) is 11.5 Å². The summed E-state index contributed by atoms with van der Waals surface area (Å²) in [6.07, 6.45) is 0. The van der Waals surface area contributed by atoms with Crippen LogP contribution in [0.15, 0.2) is 29.1 Å². The molecular weight excluding hydrogens is 272 g/mol. The molecule has 0 aliphatic carbocycles. The zero-order chi connectivity index (χ0) is 15.0. The Morgan fingerprint density at radius 2 is 1.86 bits per heavy atom. The molecule has 0 saturated heterocycles. The van der Waals surface area contributed by atoms with Crippen LogP contribution in [0, 0.1) is 6.92 Å². The van der Waals surface area contributed by atoms with Crippen molar-refractivity contribution in [2.24, 2.45) is 0 Å². The number of aromatic amines is 1. The number of fused-ring (bicyclic) bond motifs is 1. The van der Waals surface area contributed by atoms with Crippen molar-refractivity contribution in [3.05, 3.63) is 40.4 Å². The van der Waals surface area contributed by atoms with Crippen molar-refractivity contribution in [1.82, 2.24) is 19.6 Å². The SMILES string of the molecule is COc1ccc(-c2cc(=O)n3[nH]c(C)nc3n2)cc1OC.